The van der Waals surface area contributed by atoms with Crippen molar-refractivity contribution in [2.75, 3.05) is 13.6 Å². The molecule has 0 spiro atoms. The summed E-state index contributed by atoms with van der Waals surface area (Å²) in [7, 11) is 1.62. The lowest BCUT2D eigenvalue weighted by atomic mass is 10.2. The van der Waals surface area contributed by atoms with Crippen LogP contribution in [0.2, 0.25) is 0 Å². The number of rotatable bonds is 5. The van der Waals surface area contributed by atoms with Crippen LogP contribution in [-0.2, 0) is 11.3 Å². The summed E-state index contributed by atoms with van der Waals surface area (Å²) in [6.45, 7) is 3.83. The Morgan fingerprint density at radius 2 is 2.17 bits per heavy atom. The van der Waals surface area contributed by atoms with Gasteiger partial charge in [0.25, 0.3) is 0 Å². The number of carbonyl (C=O) groups excluding carboxylic acids is 1. The number of hydrogen-bond acceptors (Lipinski definition) is 3. The molecular formula is C12H18N2O4. The zero-order valence-corrected chi connectivity index (χ0v) is 10.8. The fraction of sp³-hybridized carbons (Fsp3) is 0.500. The molecule has 0 aliphatic heterocycles. The van der Waals surface area contributed by atoms with Crippen LogP contribution in [0.15, 0.2) is 16.5 Å². The highest BCUT2D eigenvalue weighted by Crippen LogP contribution is 2.08. The molecule has 0 aromatic carbocycles. The normalized spacial score (nSPS) is 11.9. The third-order valence-corrected chi connectivity index (χ3v) is 2.52. The Morgan fingerprint density at radius 3 is 2.67 bits per heavy atom. The summed E-state index contributed by atoms with van der Waals surface area (Å²) in [6, 6.07) is 3.31. The summed E-state index contributed by atoms with van der Waals surface area (Å²) in [4.78, 5) is 23.7. The second kappa shape index (κ2) is 6.09. The molecule has 0 bridgehead atoms. The van der Waals surface area contributed by atoms with Gasteiger partial charge in [0, 0.05) is 13.6 Å². The highest BCUT2D eigenvalue weighted by atomic mass is 16.4. The Balaban J connectivity index is 2.39. The summed E-state index contributed by atoms with van der Waals surface area (Å²) in [5.74, 6) is -0.0532. The van der Waals surface area contributed by atoms with E-state index in [-0.39, 0.29) is 12.6 Å². The predicted octanol–water partition coefficient (Wildman–Crippen LogP) is 1.45. The summed E-state index contributed by atoms with van der Waals surface area (Å²) in [6.07, 6.45) is 0. The summed E-state index contributed by atoms with van der Waals surface area (Å²) < 4.78 is 5.35. The van der Waals surface area contributed by atoms with Crippen LogP contribution >= 0.6 is 0 Å². The van der Waals surface area contributed by atoms with E-state index in [1.165, 1.54) is 4.90 Å². The Kier molecular flexibility index (Phi) is 4.76. The number of nitrogens with zero attached hydrogens (tertiary/aromatic N) is 1. The standard InChI is InChI=1S/C12H18N2O4/c1-8(11(15)16)6-13-12(17)14(3)7-10-5-4-9(2)18-10/h4-5,8H,6-7H2,1-3H3,(H,13,17)(H,15,16). The molecule has 1 rings (SSSR count). The third kappa shape index (κ3) is 4.12. The number of carboxylic acids is 1. The van der Waals surface area contributed by atoms with E-state index in [4.69, 9.17) is 9.52 Å². The molecule has 6 heteroatoms. The van der Waals surface area contributed by atoms with Crippen molar-refractivity contribution in [1.29, 1.82) is 0 Å². The van der Waals surface area contributed by atoms with E-state index in [0.717, 1.165) is 5.76 Å². The van der Waals surface area contributed by atoms with Crippen molar-refractivity contribution in [3.63, 3.8) is 0 Å². The van der Waals surface area contributed by atoms with Gasteiger partial charge in [-0.2, -0.15) is 0 Å². The quantitative estimate of drug-likeness (QED) is 0.833. The number of aliphatic carboxylic acids is 1. The van der Waals surface area contributed by atoms with Crippen LogP contribution in [0.25, 0.3) is 0 Å². The van der Waals surface area contributed by atoms with Crippen molar-refractivity contribution in [1.82, 2.24) is 10.2 Å². The Bertz CT molecular complexity index is 427. The van der Waals surface area contributed by atoms with E-state index in [9.17, 15) is 9.59 Å². The molecule has 1 aromatic rings. The maximum atomic E-state index is 11.7. The molecule has 0 saturated heterocycles. The van der Waals surface area contributed by atoms with Gasteiger partial charge in [-0.1, -0.05) is 6.92 Å². The van der Waals surface area contributed by atoms with E-state index in [1.54, 1.807) is 20.0 Å². The molecule has 0 saturated carbocycles. The number of carboxylic acid groups (broad SMARTS) is 1. The molecule has 0 radical (unpaired) electrons. The minimum atomic E-state index is -0.931. The van der Waals surface area contributed by atoms with Crippen molar-refractivity contribution >= 4 is 12.0 Å². The smallest absolute Gasteiger partial charge is 0.317 e. The van der Waals surface area contributed by atoms with Gasteiger partial charge in [-0.05, 0) is 19.1 Å². The van der Waals surface area contributed by atoms with Gasteiger partial charge in [0.05, 0.1) is 12.5 Å². The molecule has 6 nitrogen and oxygen atoms in total. The fourth-order valence-corrected chi connectivity index (χ4v) is 1.34. The van der Waals surface area contributed by atoms with E-state index < -0.39 is 11.9 Å². The van der Waals surface area contributed by atoms with Crippen LogP contribution in [0.3, 0.4) is 0 Å². The zero-order valence-electron chi connectivity index (χ0n) is 10.8. The van der Waals surface area contributed by atoms with Crippen LogP contribution in [0.4, 0.5) is 4.79 Å². The molecule has 0 aliphatic rings. The molecule has 0 aliphatic carbocycles. The largest absolute Gasteiger partial charge is 0.481 e. The molecule has 1 atom stereocenters. The number of aryl methyl sites for hydroxylation is 1. The topological polar surface area (TPSA) is 82.8 Å². The van der Waals surface area contributed by atoms with Crippen LogP contribution in [0.5, 0.6) is 0 Å². The average molecular weight is 254 g/mol. The van der Waals surface area contributed by atoms with Crippen LogP contribution in [0.1, 0.15) is 18.4 Å². The number of urea groups is 1. The number of amides is 2. The van der Waals surface area contributed by atoms with Crippen molar-refractivity contribution in [2.24, 2.45) is 5.92 Å². The van der Waals surface area contributed by atoms with Gasteiger partial charge in [-0.25, -0.2) is 4.79 Å². The molecule has 1 unspecified atom stereocenters. The van der Waals surface area contributed by atoms with Crippen molar-refractivity contribution < 1.29 is 19.1 Å². The van der Waals surface area contributed by atoms with Gasteiger partial charge in [-0.15, -0.1) is 0 Å². The molecule has 0 fully saturated rings. The molecule has 1 aromatic heterocycles. The first-order valence-corrected chi connectivity index (χ1v) is 5.67. The molecule has 2 N–H and O–H groups in total. The van der Waals surface area contributed by atoms with Crippen molar-refractivity contribution in [3.8, 4) is 0 Å². The summed E-state index contributed by atoms with van der Waals surface area (Å²) in [5, 5.41) is 11.2. The van der Waals surface area contributed by atoms with Crippen LogP contribution in [-0.4, -0.2) is 35.6 Å². The first-order chi connectivity index (χ1) is 8.40. The lowest BCUT2D eigenvalue weighted by molar-refractivity contribution is -0.140. The maximum absolute atomic E-state index is 11.7. The SMILES string of the molecule is Cc1ccc(CN(C)C(=O)NCC(C)C(=O)O)o1. The van der Waals surface area contributed by atoms with Crippen LogP contribution in [0, 0.1) is 12.8 Å². The van der Waals surface area contributed by atoms with Gasteiger partial charge in [-0.3, -0.25) is 4.79 Å². The van der Waals surface area contributed by atoms with Gasteiger partial charge in [0.2, 0.25) is 0 Å². The van der Waals surface area contributed by atoms with Gasteiger partial charge >= 0.3 is 12.0 Å². The highest BCUT2D eigenvalue weighted by molar-refractivity contribution is 5.75. The lowest BCUT2D eigenvalue weighted by Gasteiger charge is -2.17. The molecular weight excluding hydrogens is 236 g/mol. The van der Waals surface area contributed by atoms with Crippen molar-refractivity contribution in [3.05, 3.63) is 23.7 Å². The monoisotopic (exact) mass is 254 g/mol. The molecule has 100 valence electrons. The van der Waals surface area contributed by atoms with Crippen LogP contribution < -0.4 is 5.32 Å². The third-order valence-electron chi connectivity index (χ3n) is 2.52. The minimum Gasteiger partial charge on any atom is -0.481 e. The van der Waals surface area contributed by atoms with Gasteiger partial charge < -0.3 is 19.7 Å². The zero-order chi connectivity index (χ0) is 13.7. The molecule has 18 heavy (non-hydrogen) atoms. The van der Waals surface area contributed by atoms with E-state index in [0.29, 0.717) is 12.3 Å². The first-order valence-electron chi connectivity index (χ1n) is 5.67. The second-order valence-corrected chi connectivity index (χ2v) is 4.29. The number of hydrogen-bond donors (Lipinski definition) is 2. The Hall–Kier alpha value is -1.98. The molecule has 2 amide bonds. The van der Waals surface area contributed by atoms with E-state index >= 15 is 0 Å². The summed E-state index contributed by atoms with van der Waals surface area (Å²) in [5.41, 5.74) is 0. The van der Waals surface area contributed by atoms with Gasteiger partial charge in [0.15, 0.2) is 0 Å². The average Bonchev–Trinajstić information content (AvgIpc) is 2.70. The number of furan rings is 1. The molecule has 1 heterocycles. The predicted molar refractivity (Wildman–Crippen MR) is 65.1 cm³/mol. The highest BCUT2D eigenvalue weighted by Gasteiger charge is 2.15. The summed E-state index contributed by atoms with van der Waals surface area (Å²) >= 11 is 0. The Labute approximate surface area is 106 Å². The first kappa shape index (κ1) is 14.1. The minimum absolute atomic E-state index is 0.107. The van der Waals surface area contributed by atoms with Crippen molar-refractivity contribution in [2.45, 2.75) is 20.4 Å². The Morgan fingerprint density at radius 1 is 1.50 bits per heavy atom. The fourth-order valence-electron chi connectivity index (χ4n) is 1.34. The van der Waals surface area contributed by atoms with E-state index in [2.05, 4.69) is 5.32 Å². The second-order valence-electron chi connectivity index (χ2n) is 4.29. The number of carbonyl (C=O) groups is 2. The number of nitrogens with one attached hydrogen (secondary N) is 1. The van der Waals surface area contributed by atoms with E-state index in [1.807, 2.05) is 13.0 Å². The lowest BCUT2D eigenvalue weighted by Crippen LogP contribution is -2.40. The maximum Gasteiger partial charge on any atom is 0.317 e. The van der Waals surface area contributed by atoms with Gasteiger partial charge in [0.1, 0.15) is 11.5 Å².